The van der Waals surface area contributed by atoms with Crippen molar-refractivity contribution >= 4 is 21.7 Å². The Balaban J connectivity index is 1.56. The summed E-state index contributed by atoms with van der Waals surface area (Å²) in [6.07, 6.45) is 1.62. The van der Waals surface area contributed by atoms with E-state index in [4.69, 9.17) is 0 Å². The first-order valence-corrected chi connectivity index (χ1v) is 13.4. The van der Waals surface area contributed by atoms with Gasteiger partial charge < -0.3 is 10.2 Å². The van der Waals surface area contributed by atoms with Crippen molar-refractivity contribution in [2.75, 3.05) is 12.8 Å². The lowest BCUT2D eigenvalue weighted by Crippen LogP contribution is -2.52. The Hall–Kier alpha value is -2.88. The van der Waals surface area contributed by atoms with E-state index in [0.717, 1.165) is 37.7 Å². The number of likely N-dealkylation sites (tertiary alicyclic amines) is 1. The summed E-state index contributed by atoms with van der Waals surface area (Å²) < 4.78 is 64.4. The molecule has 2 aliphatic rings. The summed E-state index contributed by atoms with van der Waals surface area (Å²) in [6.45, 7) is 0.325. The molecule has 10 heteroatoms. The zero-order valence-corrected chi connectivity index (χ0v) is 20.0. The van der Waals surface area contributed by atoms with Gasteiger partial charge in [-0.1, -0.05) is 18.2 Å². The van der Waals surface area contributed by atoms with Crippen LogP contribution in [-0.4, -0.2) is 44.0 Å². The molecule has 2 aromatic rings. The van der Waals surface area contributed by atoms with Crippen LogP contribution in [0.15, 0.2) is 47.4 Å². The molecular weight excluding hydrogens is 481 g/mol. The van der Waals surface area contributed by atoms with Gasteiger partial charge in [0.2, 0.25) is 5.91 Å². The van der Waals surface area contributed by atoms with Crippen molar-refractivity contribution in [2.24, 2.45) is 5.92 Å². The smallest absolute Gasteiger partial charge is 0.263 e. The van der Waals surface area contributed by atoms with E-state index in [1.165, 1.54) is 35.2 Å². The standard InChI is InChI=1S/C25H27F3N2O4S/c1-35(33,34)18-6-4-5-17(13-18)25(32)30-12-3-2-7-21(30)24(31)29-22(15-8-9-15)19-11-10-16(23(27)28)14-20(19)26/h4-6,10-11,13-15,21-23H,2-3,7-9,12H2,1H3,(H,29,31)/t21-,22?/m1/s1. The highest BCUT2D eigenvalue weighted by molar-refractivity contribution is 7.90. The van der Waals surface area contributed by atoms with E-state index in [2.05, 4.69) is 5.32 Å². The monoisotopic (exact) mass is 508 g/mol. The molecule has 6 nitrogen and oxygen atoms in total. The van der Waals surface area contributed by atoms with Crippen molar-refractivity contribution in [1.29, 1.82) is 0 Å². The Morgan fingerprint density at radius 1 is 1.06 bits per heavy atom. The van der Waals surface area contributed by atoms with Crippen LogP contribution in [0, 0.1) is 11.7 Å². The van der Waals surface area contributed by atoms with Gasteiger partial charge in [-0.2, -0.15) is 0 Å². The molecule has 0 aromatic heterocycles. The Morgan fingerprint density at radius 3 is 2.43 bits per heavy atom. The highest BCUT2D eigenvalue weighted by atomic mass is 32.2. The van der Waals surface area contributed by atoms with E-state index in [1.807, 2.05) is 0 Å². The van der Waals surface area contributed by atoms with Gasteiger partial charge in [0.25, 0.3) is 12.3 Å². The van der Waals surface area contributed by atoms with Crippen LogP contribution in [0.3, 0.4) is 0 Å². The van der Waals surface area contributed by atoms with Crippen LogP contribution in [-0.2, 0) is 14.6 Å². The minimum Gasteiger partial charge on any atom is -0.347 e. The number of benzene rings is 2. The summed E-state index contributed by atoms with van der Waals surface area (Å²) in [7, 11) is -3.51. The second kappa shape index (κ2) is 10.0. The van der Waals surface area contributed by atoms with Crippen molar-refractivity contribution in [1.82, 2.24) is 10.2 Å². The van der Waals surface area contributed by atoms with E-state index in [9.17, 15) is 31.2 Å². The number of hydrogen-bond donors (Lipinski definition) is 1. The van der Waals surface area contributed by atoms with Crippen LogP contribution in [0.5, 0.6) is 0 Å². The molecule has 1 saturated heterocycles. The molecule has 1 aliphatic heterocycles. The summed E-state index contributed by atoms with van der Waals surface area (Å²) in [5, 5.41) is 2.87. The number of halogens is 3. The van der Waals surface area contributed by atoms with Gasteiger partial charge in [-0.15, -0.1) is 0 Å². The number of rotatable bonds is 7. The number of carbonyl (C=O) groups is 2. The average Bonchev–Trinajstić information content (AvgIpc) is 3.67. The molecule has 1 heterocycles. The fraction of sp³-hybridized carbons (Fsp3) is 0.440. The maximum absolute atomic E-state index is 14.7. The van der Waals surface area contributed by atoms with Gasteiger partial charge in [0.15, 0.2) is 9.84 Å². The number of nitrogens with zero attached hydrogens (tertiary/aromatic N) is 1. The van der Waals surface area contributed by atoms with Crippen molar-refractivity contribution in [3.63, 3.8) is 0 Å². The summed E-state index contributed by atoms with van der Waals surface area (Å²) >= 11 is 0. The Kier molecular flexibility index (Phi) is 7.21. The zero-order chi connectivity index (χ0) is 25.3. The first-order valence-electron chi connectivity index (χ1n) is 11.5. The van der Waals surface area contributed by atoms with Crippen molar-refractivity contribution in [3.8, 4) is 0 Å². The molecule has 0 bridgehead atoms. The molecule has 2 fully saturated rings. The fourth-order valence-electron chi connectivity index (χ4n) is 4.53. The summed E-state index contributed by atoms with van der Waals surface area (Å²) in [5.41, 5.74) is -0.104. The molecule has 35 heavy (non-hydrogen) atoms. The number of sulfone groups is 1. The predicted molar refractivity (Wildman–Crippen MR) is 123 cm³/mol. The molecule has 1 N–H and O–H groups in total. The first kappa shape index (κ1) is 25.2. The predicted octanol–water partition coefficient (Wildman–Crippen LogP) is 4.43. The maximum Gasteiger partial charge on any atom is 0.263 e. The van der Waals surface area contributed by atoms with Crippen LogP contribution >= 0.6 is 0 Å². The lowest BCUT2D eigenvalue weighted by atomic mass is 9.97. The highest BCUT2D eigenvalue weighted by Crippen LogP contribution is 2.42. The van der Waals surface area contributed by atoms with E-state index in [-0.39, 0.29) is 21.9 Å². The van der Waals surface area contributed by atoms with Crippen molar-refractivity contribution in [2.45, 2.75) is 55.5 Å². The van der Waals surface area contributed by atoms with Gasteiger partial charge >= 0.3 is 0 Å². The number of nitrogens with one attached hydrogen (secondary N) is 1. The third-order valence-electron chi connectivity index (χ3n) is 6.58. The molecule has 1 saturated carbocycles. The van der Waals surface area contributed by atoms with Crippen LogP contribution in [0.1, 0.15) is 66.1 Å². The first-order chi connectivity index (χ1) is 16.6. The second-order valence-electron chi connectivity index (χ2n) is 9.22. The van der Waals surface area contributed by atoms with E-state index < -0.39 is 51.5 Å². The minimum absolute atomic E-state index is 0.00923. The van der Waals surface area contributed by atoms with E-state index in [1.54, 1.807) is 0 Å². The normalized spacial score (nSPS) is 19.5. The topological polar surface area (TPSA) is 83.6 Å². The Bertz CT molecular complexity index is 1230. The van der Waals surface area contributed by atoms with Gasteiger partial charge in [0, 0.05) is 29.5 Å². The number of alkyl halides is 2. The van der Waals surface area contributed by atoms with Crippen LogP contribution in [0.25, 0.3) is 0 Å². The molecule has 0 radical (unpaired) electrons. The molecule has 2 atom stereocenters. The molecule has 1 aliphatic carbocycles. The Morgan fingerprint density at radius 2 is 1.80 bits per heavy atom. The third kappa shape index (κ3) is 5.69. The SMILES string of the molecule is CS(=O)(=O)c1cccc(C(=O)N2CCCC[C@@H]2C(=O)NC(c2ccc(C(F)F)cc2F)C2CC2)c1. The average molecular weight is 509 g/mol. The van der Waals surface area contributed by atoms with Crippen LogP contribution < -0.4 is 5.32 Å². The molecule has 1 unspecified atom stereocenters. The zero-order valence-electron chi connectivity index (χ0n) is 19.2. The van der Waals surface area contributed by atoms with Crippen molar-refractivity contribution in [3.05, 3.63) is 65.0 Å². The lowest BCUT2D eigenvalue weighted by molar-refractivity contribution is -0.127. The van der Waals surface area contributed by atoms with Gasteiger partial charge in [-0.3, -0.25) is 9.59 Å². The second-order valence-corrected chi connectivity index (χ2v) is 11.2. The van der Waals surface area contributed by atoms with Crippen LogP contribution in [0.4, 0.5) is 13.2 Å². The van der Waals surface area contributed by atoms with Gasteiger partial charge in [0.1, 0.15) is 11.9 Å². The van der Waals surface area contributed by atoms with Gasteiger partial charge in [0.05, 0.1) is 10.9 Å². The number of hydrogen-bond acceptors (Lipinski definition) is 4. The molecule has 2 aromatic carbocycles. The molecule has 2 amide bonds. The molecule has 188 valence electrons. The summed E-state index contributed by atoms with van der Waals surface area (Å²) in [4.78, 5) is 28.0. The molecule has 0 spiro atoms. The number of amides is 2. The summed E-state index contributed by atoms with van der Waals surface area (Å²) in [6, 6.07) is 7.47. The molecule has 4 rings (SSSR count). The lowest BCUT2D eigenvalue weighted by Gasteiger charge is -2.36. The number of carbonyl (C=O) groups excluding carboxylic acids is 2. The third-order valence-corrected chi connectivity index (χ3v) is 7.69. The van der Waals surface area contributed by atoms with E-state index >= 15 is 0 Å². The maximum atomic E-state index is 14.7. The molecular formula is C25H27F3N2O4S. The quantitative estimate of drug-likeness (QED) is 0.600. The van der Waals surface area contributed by atoms with Crippen LogP contribution in [0.2, 0.25) is 0 Å². The van der Waals surface area contributed by atoms with Gasteiger partial charge in [-0.05, 0) is 62.3 Å². The Labute approximate surface area is 202 Å². The summed E-state index contributed by atoms with van der Waals surface area (Å²) in [5.74, 6) is -1.70. The largest absolute Gasteiger partial charge is 0.347 e. The van der Waals surface area contributed by atoms with Gasteiger partial charge in [-0.25, -0.2) is 21.6 Å². The minimum atomic E-state index is -3.51. The van der Waals surface area contributed by atoms with Crippen molar-refractivity contribution < 1.29 is 31.2 Å². The van der Waals surface area contributed by atoms with E-state index in [0.29, 0.717) is 19.4 Å². The number of piperidine rings is 1. The highest BCUT2D eigenvalue weighted by Gasteiger charge is 2.39. The fourth-order valence-corrected chi connectivity index (χ4v) is 5.20.